The maximum atomic E-state index is 2.30. The van der Waals surface area contributed by atoms with Gasteiger partial charge in [0.15, 0.2) is 0 Å². The largest absolute Gasteiger partial charge is 0.0854 e. The molecule has 1 radical (unpaired) electrons. The van der Waals surface area contributed by atoms with Gasteiger partial charge in [0, 0.05) is 0 Å². The van der Waals surface area contributed by atoms with Gasteiger partial charge in [0.1, 0.15) is 0 Å². The molecular formula is C9H15. The van der Waals surface area contributed by atoms with Crippen molar-refractivity contribution in [2.45, 2.75) is 26.7 Å². The van der Waals surface area contributed by atoms with Crippen LogP contribution in [0.15, 0.2) is 12.2 Å². The first-order chi connectivity index (χ1) is 4.29. The molecule has 0 fully saturated rings. The summed E-state index contributed by atoms with van der Waals surface area (Å²) in [5, 5.41) is 0. The Hall–Kier alpha value is -0.260. The molecule has 1 aliphatic rings. The minimum absolute atomic E-state index is 0.797. The third-order valence-electron chi connectivity index (χ3n) is 1.96. The van der Waals surface area contributed by atoms with E-state index < -0.39 is 0 Å². The van der Waals surface area contributed by atoms with E-state index in [4.69, 9.17) is 0 Å². The second kappa shape index (κ2) is 3.05. The van der Waals surface area contributed by atoms with E-state index >= 15 is 0 Å². The van der Waals surface area contributed by atoms with Crippen LogP contribution in [-0.4, -0.2) is 0 Å². The van der Waals surface area contributed by atoms with Crippen LogP contribution in [0.1, 0.15) is 26.7 Å². The minimum atomic E-state index is 0.797. The highest BCUT2D eigenvalue weighted by molar-refractivity contribution is 5.02. The monoisotopic (exact) mass is 123 g/mol. The highest BCUT2D eigenvalue weighted by Crippen LogP contribution is 2.19. The van der Waals surface area contributed by atoms with Gasteiger partial charge in [-0.2, -0.15) is 0 Å². The molecule has 0 saturated heterocycles. The molecule has 2 unspecified atom stereocenters. The molecule has 0 aliphatic heterocycles. The molecule has 1 rings (SSSR count). The molecule has 2 atom stereocenters. The quantitative estimate of drug-likeness (QED) is 0.464. The molecule has 0 N–H and O–H groups in total. The van der Waals surface area contributed by atoms with Crippen LogP contribution < -0.4 is 0 Å². The van der Waals surface area contributed by atoms with Gasteiger partial charge < -0.3 is 0 Å². The lowest BCUT2D eigenvalue weighted by Crippen LogP contribution is -1.92. The van der Waals surface area contributed by atoms with Crippen LogP contribution in [-0.2, 0) is 0 Å². The zero-order valence-corrected chi connectivity index (χ0v) is 6.30. The first kappa shape index (κ1) is 6.85. The van der Waals surface area contributed by atoms with Crippen molar-refractivity contribution in [3.8, 4) is 0 Å². The van der Waals surface area contributed by atoms with Gasteiger partial charge in [-0.25, -0.2) is 0 Å². The van der Waals surface area contributed by atoms with E-state index in [1.54, 1.807) is 0 Å². The number of allylic oxidation sites excluding steroid dienone is 2. The Morgan fingerprint density at radius 2 is 1.78 bits per heavy atom. The van der Waals surface area contributed by atoms with E-state index in [9.17, 15) is 0 Å². The molecule has 0 heteroatoms. The maximum absolute atomic E-state index is 2.30. The molecule has 0 spiro atoms. The Bertz CT molecular complexity index is 103. The van der Waals surface area contributed by atoms with Gasteiger partial charge in [-0.15, -0.1) is 0 Å². The van der Waals surface area contributed by atoms with Gasteiger partial charge in [-0.1, -0.05) is 26.0 Å². The third-order valence-corrected chi connectivity index (χ3v) is 1.96. The average molecular weight is 123 g/mol. The molecule has 0 heterocycles. The molecule has 0 amide bonds. The van der Waals surface area contributed by atoms with Gasteiger partial charge in [0.25, 0.3) is 0 Å². The lowest BCUT2D eigenvalue weighted by atomic mass is 10.0. The molecular weight excluding hydrogens is 108 g/mol. The van der Waals surface area contributed by atoms with Crippen LogP contribution in [0.4, 0.5) is 0 Å². The minimum Gasteiger partial charge on any atom is -0.0854 e. The fraction of sp³-hybridized carbons (Fsp3) is 0.667. The van der Waals surface area contributed by atoms with Crippen LogP contribution in [0.5, 0.6) is 0 Å². The molecule has 51 valence electrons. The summed E-state index contributed by atoms with van der Waals surface area (Å²) in [6, 6.07) is 0. The van der Waals surface area contributed by atoms with Gasteiger partial charge >= 0.3 is 0 Å². The van der Waals surface area contributed by atoms with Crippen LogP contribution in [0.3, 0.4) is 0 Å². The molecule has 0 aromatic heterocycles. The van der Waals surface area contributed by atoms with E-state index in [2.05, 4.69) is 32.4 Å². The lowest BCUT2D eigenvalue weighted by Gasteiger charge is -2.05. The first-order valence-electron chi connectivity index (χ1n) is 3.80. The zero-order valence-electron chi connectivity index (χ0n) is 6.30. The Morgan fingerprint density at radius 3 is 2.56 bits per heavy atom. The Balaban J connectivity index is 2.39. The lowest BCUT2D eigenvalue weighted by molar-refractivity contribution is 0.536. The average Bonchev–Trinajstić information content (AvgIpc) is 1.97. The number of hydrogen-bond acceptors (Lipinski definition) is 0. The fourth-order valence-electron chi connectivity index (χ4n) is 1.16. The Kier molecular flexibility index (Phi) is 2.32. The second-order valence-corrected chi connectivity index (χ2v) is 3.11. The smallest absolute Gasteiger partial charge is 0.0142 e. The van der Waals surface area contributed by atoms with Crippen LogP contribution in [0.2, 0.25) is 0 Å². The summed E-state index contributed by atoms with van der Waals surface area (Å²) in [6.07, 6.45) is 9.51. The molecule has 0 saturated carbocycles. The molecule has 0 aromatic carbocycles. The highest BCUT2D eigenvalue weighted by atomic mass is 14.1. The van der Waals surface area contributed by atoms with Crippen LogP contribution in [0.25, 0.3) is 0 Å². The molecule has 1 aliphatic carbocycles. The standard InChI is InChI=1S/C9H15/c1-8-4-3-5-9(2)7-6-8/h3-5,8-9H,6-7H2,1-2H3. The summed E-state index contributed by atoms with van der Waals surface area (Å²) >= 11 is 0. The summed E-state index contributed by atoms with van der Waals surface area (Å²) in [7, 11) is 0. The van der Waals surface area contributed by atoms with Gasteiger partial charge in [-0.05, 0) is 31.1 Å². The topological polar surface area (TPSA) is 0 Å². The Morgan fingerprint density at radius 1 is 1.11 bits per heavy atom. The number of rotatable bonds is 0. The zero-order chi connectivity index (χ0) is 6.69. The van der Waals surface area contributed by atoms with E-state index in [1.807, 2.05) is 0 Å². The van der Waals surface area contributed by atoms with Crippen molar-refractivity contribution >= 4 is 0 Å². The van der Waals surface area contributed by atoms with Gasteiger partial charge in [0.2, 0.25) is 0 Å². The van der Waals surface area contributed by atoms with Crippen molar-refractivity contribution < 1.29 is 0 Å². The normalized spacial score (nSPS) is 36.2. The van der Waals surface area contributed by atoms with E-state index in [0.29, 0.717) is 0 Å². The van der Waals surface area contributed by atoms with Gasteiger partial charge in [-0.3, -0.25) is 0 Å². The van der Waals surface area contributed by atoms with E-state index in [-0.39, 0.29) is 0 Å². The fourth-order valence-corrected chi connectivity index (χ4v) is 1.16. The Labute approximate surface area is 58.0 Å². The second-order valence-electron chi connectivity index (χ2n) is 3.11. The molecule has 0 nitrogen and oxygen atoms in total. The highest BCUT2D eigenvalue weighted by Gasteiger charge is 2.06. The van der Waals surface area contributed by atoms with Crippen molar-refractivity contribution in [1.82, 2.24) is 0 Å². The summed E-state index contributed by atoms with van der Waals surface area (Å²) in [5.74, 6) is 1.59. The van der Waals surface area contributed by atoms with Crippen molar-refractivity contribution in [3.05, 3.63) is 18.6 Å². The predicted octanol–water partition coefficient (Wildman–Crippen LogP) is 2.81. The summed E-state index contributed by atoms with van der Waals surface area (Å²) < 4.78 is 0. The van der Waals surface area contributed by atoms with Gasteiger partial charge in [0.05, 0.1) is 0 Å². The van der Waals surface area contributed by atoms with Crippen molar-refractivity contribution in [1.29, 1.82) is 0 Å². The van der Waals surface area contributed by atoms with Crippen LogP contribution in [0, 0.1) is 18.3 Å². The summed E-state index contributed by atoms with van der Waals surface area (Å²) in [6.45, 7) is 4.56. The van der Waals surface area contributed by atoms with Crippen molar-refractivity contribution in [3.63, 3.8) is 0 Å². The molecule has 0 aromatic rings. The summed E-state index contributed by atoms with van der Waals surface area (Å²) in [4.78, 5) is 0. The van der Waals surface area contributed by atoms with Crippen molar-refractivity contribution in [2.24, 2.45) is 11.8 Å². The summed E-state index contributed by atoms with van der Waals surface area (Å²) in [5.41, 5.74) is 0. The van der Waals surface area contributed by atoms with E-state index in [0.717, 1.165) is 11.8 Å². The maximum Gasteiger partial charge on any atom is -0.0142 e. The van der Waals surface area contributed by atoms with E-state index in [1.165, 1.54) is 12.8 Å². The number of hydrogen-bond donors (Lipinski definition) is 0. The predicted molar refractivity (Wildman–Crippen MR) is 41.0 cm³/mol. The molecule has 9 heavy (non-hydrogen) atoms. The van der Waals surface area contributed by atoms with Crippen LogP contribution >= 0.6 is 0 Å². The third kappa shape index (κ3) is 2.21. The van der Waals surface area contributed by atoms with Crippen molar-refractivity contribution in [2.75, 3.05) is 0 Å². The first-order valence-corrected chi connectivity index (χ1v) is 3.80. The SMILES string of the molecule is CC1[CH]C=CC(C)CC1. The molecule has 0 bridgehead atoms.